The molecule has 1 fully saturated rings. The van der Waals surface area contributed by atoms with Crippen molar-refractivity contribution < 1.29 is 4.74 Å². The molecule has 1 aliphatic rings. The van der Waals surface area contributed by atoms with Crippen LogP contribution in [-0.2, 0) is 11.3 Å². The summed E-state index contributed by atoms with van der Waals surface area (Å²) in [5.41, 5.74) is 7.31. The minimum atomic E-state index is -0.0186. The molecular weight excluding hydrogens is 298 g/mol. The van der Waals surface area contributed by atoms with E-state index < -0.39 is 0 Å². The normalized spacial score (nSPS) is 17.0. The summed E-state index contributed by atoms with van der Waals surface area (Å²) in [4.78, 5) is 14.3. The molecule has 1 saturated heterocycles. The molecule has 6 heteroatoms. The summed E-state index contributed by atoms with van der Waals surface area (Å²) >= 11 is 3.30. The first-order valence-corrected chi connectivity index (χ1v) is 6.84. The number of nitrogens with zero attached hydrogens (tertiary/aromatic N) is 2. The predicted molar refractivity (Wildman–Crippen MR) is 74.8 cm³/mol. The van der Waals surface area contributed by atoms with Gasteiger partial charge in [-0.1, -0.05) is 0 Å². The van der Waals surface area contributed by atoms with Gasteiger partial charge in [-0.3, -0.25) is 9.69 Å². The lowest BCUT2D eigenvalue weighted by Gasteiger charge is -2.26. The number of nitrogen functional groups attached to an aromatic ring is 1. The Hall–Kier alpha value is -0.850. The van der Waals surface area contributed by atoms with Crippen molar-refractivity contribution in [2.75, 3.05) is 38.6 Å². The number of aromatic nitrogens is 1. The number of hydrogen-bond acceptors (Lipinski definition) is 4. The second kappa shape index (κ2) is 5.86. The molecule has 0 unspecified atom stereocenters. The van der Waals surface area contributed by atoms with Crippen molar-refractivity contribution in [2.45, 2.75) is 13.5 Å². The van der Waals surface area contributed by atoms with Gasteiger partial charge in [-0.2, -0.15) is 0 Å². The van der Waals surface area contributed by atoms with E-state index >= 15 is 0 Å². The fourth-order valence-electron chi connectivity index (χ4n) is 1.98. The molecule has 0 amide bonds. The van der Waals surface area contributed by atoms with Gasteiger partial charge in [0.25, 0.3) is 5.56 Å². The zero-order chi connectivity index (χ0) is 13.1. The Bertz CT molecular complexity index is 481. The van der Waals surface area contributed by atoms with Gasteiger partial charge in [0.05, 0.1) is 23.4 Å². The number of ether oxygens (including phenoxy) is 1. The summed E-state index contributed by atoms with van der Waals surface area (Å²) < 4.78 is 7.52. The van der Waals surface area contributed by atoms with E-state index in [9.17, 15) is 4.79 Å². The van der Waals surface area contributed by atoms with Crippen molar-refractivity contribution in [3.63, 3.8) is 0 Å². The van der Waals surface area contributed by atoms with Crippen LogP contribution in [0.4, 0.5) is 5.69 Å². The average molecular weight is 316 g/mol. The van der Waals surface area contributed by atoms with Crippen LogP contribution in [0.1, 0.15) is 5.56 Å². The molecular formula is C12H18BrN3O2. The van der Waals surface area contributed by atoms with E-state index in [1.807, 2.05) is 6.92 Å². The van der Waals surface area contributed by atoms with Crippen molar-refractivity contribution in [3.8, 4) is 0 Å². The molecule has 1 aromatic heterocycles. The van der Waals surface area contributed by atoms with E-state index in [2.05, 4.69) is 20.8 Å². The number of pyridine rings is 1. The molecule has 2 rings (SSSR count). The van der Waals surface area contributed by atoms with Gasteiger partial charge in [0.1, 0.15) is 0 Å². The molecule has 5 nitrogen and oxygen atoms in total. The van der Waals surface area contributed by atoms with Crippen LogP contribution < -0.4 is 11.3 Å². The molecule has 0 bridgehead atoms. The molecule has 0 radical (unpaired) electrons. The molecule has 0 spiro atoms. The fourth-order valence-corrected chi connectivity index (χ4v) is 2.43. The quantitative estimate of drug-likeness (QED) is 0.897. The van der Waals surface area contributed by atoms with Gasteiger partial charge in [0.2, 0.25) is 0 Å². The standard InChI is InChI=1S/C12H18BrN3O2/c1-9-10(14)8-16(12(17)11(9)13)3-2-15-4-6-18-7-5-15/h8H,2-7,14H2,1H3. The van der Waals surface area contributed by atoms with E-state index in [0.717, 1.165) is 38.4 Å². The number of rotatable bonds is 3. The van der Waals surface area contributed by atoms with Crippen LogP contribution in [-0.4, -0.2) is 42.3 Å². The van der Waals surface area contributed by atoms with Crippen LogP contribution in [0.25, 0.3) is 0 Å². The van der Waals surface area contributed by atoms with E-state index in [0.29, 0.717) is 16.7 Å². The molecule has 18 heavy (non-hydrogen) atoms. The van der Waals surface area contributed by atoms with Crippen LogP contribution in [0.5, 0.6) is 0 Å². The fraction of sp³-hybridized carbons (Fsp3) is 0.583. The summed E-state index contributed by atoms with van der Waals surface area (Å²) in [5.74, 6) is 0. The molecule has 2 N–H and O–H groups in total. The molecule has 0 aromatic carbocycles. The zero-order valence-corrected chi connectivity index (χ0v) is 12.1. The van der Waals surface area contributed by atoms with Crippen LogP contribution in [0, 0.1) is 6.92 Å². The maximum absolute atomic E-state index is 12.0. The predicted octanol–water partition coefficient (Wildman–Crippen LogP) is 0.834. The first kappa shape index (κ1) is 13.6. The SMILES string of the molecule is Cc1c(N)cn(CCN2CCOCC2)c(=O)c1Br. The number of nitrogens with two attached hydrogens (primary N) is 1. The van der Waals surface area contributed by atoms with Crippen LogP contribution in [0.15, 0.2) is 15.5 Å². The molecule has 1 aromatic rings. The third-order valence-corrected chi connectivity index (χ3v) is 4.20. The third-order valence-electron chi connectivity index (χ3n) is 3.27. The average Bonchev–Trinajstić information content (AvgIpc) is 2.40. The minimum Gasteiger partial charge on any atom is -0.397 e. The number of morpholine rings is 1. The van der Waals surface area contributed by atoms with Gasteiger partial charge in [0.15, 0.2) is 0 Å². The van der Waals surface area contributed by atoms with Gasteiger partial charge in [-0.25, -0.2) is 0 Å². The summed E-state index contributed by atoms with van der Waals surface area (Å²) in [6.45, 7) is 6.74. The zero-order valence-electron chi connectivity index (χ0n) is 10.5. The van der Waals surface area contributed by atoms with Crippen molar-refractivity contribution in [1.82, 2.24) is 9.47 Å². The van der Waals surface area contributed by atoms with Crippen LogP contribution in [0.3, 0.4) is 0 Å². The smallest absolute Gasteiger partial charge is 0.265 e. The maximum atomic E-state index is 12.0. The highest BCUT2D eigenvalue weighted by Crippen LogP contribution is 2.16. The van der Waals surface area contributed by atoms with Crippen molar-refractivity contribution >= 4 is 21.6 Å². The van der Waals surface area contributed by atoms with E-state index in [1.54, 1.807) is 10.8 Å². The molecule has 0 aliphatic carbocycles. The lowest BCUT2D eigenvalue weighted by molar-refractivity contribution is 0.0363. The first-order valence-electron chi connectivity index (χ1n) is 6.04. The molecule has 2 heterocycles. The van der Waals surface area contributed by atoms with Crippen LogP contribution in [0.2, 0.25) is 0 Å². The van der Waals surface area contributed by atoms with Crippen molar-refractivity contribution in [3.05, 3.63) is 26.6 Å². The highest BCUT2D eigenvalue weighted by molar-refractivity contribution is 9.10. The monoisotopic (exact) mass is 315 g/mol. The molecule has 0 atom stereocenters. The van der Waals surface area contributed by atoms with Crippen molar-refractivity contribution in [2.24, 2.45) is 0 Å². The number of anilines is 1. The Morgan fingerprint density at radius 1 is 1.39 bits per heavy atom. The van der Waals surface area contributed by atoms with Gasteiger partial charge in [0, 0.05) is 32.4 Å². The topological polar surface area (TPSA) is 60.5 Å². The Kier molecular flexibility index (Phi) is 4.42. The second-order valence-electron chi connectivity index (χ2n) is 4.48. The Morgan fingerprint density at radius 3 is 2.72 bits per heavy atom. The number of hydrogen-bond donors (Lipinski definition) is 1. The summed E-state index contributed by atoms with van der Waals surface area (Å²) in [6.07, 6.45) is 1.73. The first-order chi connectivity index (χ1) is 8.59. The van der Waals surface area contributed by atoms with E-state index in [4.69, 9.17) is 10.5 Å². The Labute approximate surface area is 115 Å². The van der Waals surface area contributed by atoms with Gasteiger partial charge in [-0.15, -0.1) is 0 Å². The molecule has 0 saturated carbocycles. The largest absolute Gasteiger partial charge is 0.397 e. The Balaban J connectivity index is 2.07. The maximum Gasteiger partial charge on any atom is 0.265 e. The highest BCUT2D eigenvalue weighted by Gasteiger charge is 2.12. The van der Waals surface area contributed by atoms with Gasteiger partial charge in [-0.05, 0) is 28.4 Å². The Morgan fingerprint density at radius 2 is 2.06 bits per heavy atom. The number of halogens is 1. The highest BCUT2D eigenvalue weighted by atomic mass is 79.9. The third kappa shape index (κ3) is 2.93. The lowest BCUT2D eigenvalue weighted by Crippen LogP contribution is -2.39. The van der Waals surface area contributed by atoms with Crippen LogP contribution >= 0.6 is 15.9 Å². The molecule has 100 valence electrons. The van der Waals surface area contributed by atoms with Crippen molar-refractivity contribution in [1.29, 1.82) is 0 Å². The van der Waals surface area contributed by atoms with E-state index in [-0.39, 0.29) is 5.56 Å². The molecule has 1 aliphatic heterocycles. The van der Waals surface area contributed by atoms with Gasteiger partial charge >= 0.3 is 0 Å². The summed E-state index contributed by atoms with van der Waals surface area (Å²) in [7, 11) is 0. The summed E-state index contributed by atoms with van der Waals surface area (Å²) in [6, 6.07) is 0. The second-order valence-corrected chi connectivity index (χ2v) is 5.27. The lowest BCUT2D eigenvalue weighted by atomic mass is 10.2. The minimum absolute atomic E-state index is 0.0186. The summed E-state index contributed by atoms with van der Waals surface area (Å²) in [5, 5.41) is 0. The van der Waals surface area contributed by atoms with Gasteiger partial charge < -0.3 is 15.0 Å². The van der Waals surface area contributed by atoms with E-state index in [1.165, 1.54) is 0 Å².